The van der Waals surface area contributed by atoms with Gasteiger partial charge in [-0.15, -0.1) is 0 Å². The lowest BCUT2D eigenvalue weighted by atomic mass is 10.1. The summed E-state index contributed by atoms with van der Waals surface area (Å²) in [6.07, 6.45) is 1.91. The number of likely N-dealkylation sites (tertiary alicyclic amines) is 1. The van der Waals surface area contributed by atoms with Gasteiger partial charge in [0.25, 0.3) is 5.56 Å². The number of nitrogens with zero attached hydrogens (tertiary/aromatic N) is 2. The van der Waals surface area contributed by atoms with Gasteiger partial charge >= 0.3 is 0 Å². The van der Waals surface area contributed by atoms with Crippen molar-refractivity contribution in [2.75, 3.05) is 19.7 Å². The summed E-state index contributed by atoms with van der Waals surface area (Å²) in [5.41, 5.74) is 1.37. The number of benzene rings is 1. The van der Waals surface area contributed by atoms with Gasteiger partial charge in [-0.25, -0.2) is 5.10 Å². The van der Waals surface area contributed by atoms with E-state index >= 15 is 0 Å². The van der Waals surface area contributed by atoms with E-state index in [1.807, 2.05) is 24.3 Å². The third kappa shape index (κ3) is 4.21. The molecule has 2 N–H and O–H groups in total. The highest BCUT2D eigenvalue weighted by atomic mass is 16.5. The molecule has 0 aliphatic carbocycles. The Morgan fingerprint density at radius 2 is 2.12 bits per heavy atom. The molecule has 1 unspecified atom stereocenters. The lowest BCUT2D eigenvalue weighted by Gasteiger charge is -2.24. The first-order chi connectivity index (χ1) is 11.6. The lowest BCUT2D eigenvalue weighted by molar-refractivity contribution is 0.0662. The van der Waals surface area contributed by atoms with Crippen LogP contribution in [0.2, 0.25) is 0 Å². The second-order valence-corrected chi connectivity index (χ2v) is 6.28. The Balaban J connectivity index is 1.52. The maximum atomic E-state index is 11.0. The van der Waals surface area contributed by atoms with Crippen LogP contribution in [0.3, 0.4) is 0 Å². The predicted molar refractivity (Wildman–Crippen MR) is 92.1 cm³/mol. The molecular weight excluding hydrogens is 306 g/mol. The Labute approximate surface area is 141 Å². The Kier molecular flexibility index (Phi) is 5.27. The van der Waals surface area contributed by atoms with Gasteiger partial charge in [0.2, 0.25) is 0 Å². The fourth-order valence-electron chi connectivity index (χ4n) is 3.01. The van der Waals surface area contributed by atoms with Crippen LogP contribution in [0.4, 0.5) is 0 Å². The number of aliphatic hydroxyl groups excluding tert-OH is 1. The molecule has 6 nitrogen and oxygen atoms in total. The summed E-state index contributed by atoms with van der Waals surface area (Å²) >= 11 is 0. The number of rotatable bonds is 6. The summed E-state index contributed by atoms with van der Waals surface area (Å²) in [5.74, 6) is 0.705. The molecule has 6 heteroatoms. The Bertz CT molecular complexity index is 694. The Morgan fingerprint density at radius 3 is 2.75 bits per heavy atom. The first kappa shape index (κ1) is 16.7. The number of hydrogen-bond acceptors (Lipinski definition) is 5. The number of nitrogens with one attached hydrogen (secondary N) is 1. The third-order valence-corrected chi connectivity index (χ3v) is 4.41. The van der Waals surface area contributed by atoms with Gasteiger partial charge in [0.05, 0.1) is 5.69 Å². The average molecular weight is 329 g/mol. The fraction of sp³-hybridized carbons (Fsp3) is 0.444. The first-order valence-electron chi connectivity index (χ1n) is 8.33. The maximum absolute atomic E-state index is 11.0. The number of aliphatic hydroxyl groups is 1. The second kappa shape index (κ2) is 7.59. The van der Waals surface area contributed by atoms with Crippen LogP contribution in [0.15, 0.2) is 41.2 Å². The molecule has 3 rings (SSSR count). The fourth-order valence-corrected chi connectivity index (χ4v) is 3.01. The Morgan fingerprint density at radius 1 is 1.33 bits per heavy atom. The molecule has 24 heavy (non-hydrogen) atoms. The number of H-pyrrole nitrogens is 1. The van der Waals surface area contributed by atoms with E-state index in [-0.39, 0.29) is 12.2 Å². The second-order valence-electron chi connectivity index (χ2n) is 6.28. The molecule has 2 atom stereocenters. The smallest absolute Gasteiger partial charge is 0.264 e. The van der Waals surface area contributed by atoms with Gasteiger partial charge in [-0.05, 0) is 56.6 Å². The topological polar surface area (TPSA) is 78.5 Å². The van der Waals surface area contributed by atoms with Gasteiger partial charge < -0.3 is 9.84 Å². The van der Waals surface area contributed by atoms with Crippen LogP contribution < -0.4 is 10.3 Å². The summed E-state index contributed by atoms with van der Waals surface area (Å²) in [7, 11) is 0. The van der Waals surface area contributed by atoms with Crippen molar-refractivity contribution in [3.8, 4) is 17.0 Å². The summed E-state index contributed by atoms with van der Waals surface area (Å²) < 4.78 is 5.67. The molecular formula is C18H23N3O3. The first-order valence-corrected chi connectivity index (χ1v) is 8.33. The van der Waals surface area contributed by atoms with E-state index < -0.39 is 6.10 Å². The van der Waals surface area contributed by atoms with Crippen LogP contribution in [0.1, 0.15) is 19.8 Å². The molecule has 0 radical (unpaired) electrons. The molecule has 0 amide bonds. The maximum Gasteiger partial charge on any atom is 0.264 e. The quantitative estimate of drug-likeness (QED) is 0.843. The number of β-amino-alcohol motifs (C(OH)–C–C–N with tert-alkyl or cyclic N) is 1. The molecule has 1 aliphatic rings. The van der Waals surface area contributed by atoms with Crippen molar-refractivity contribution in [1.82, 2.24) is 15.1 Å². The minimum absolute atomic E-state index is 0.222. The van der Waals surface area contributed by atoms with E-state index in [4.69, 9.17) is 4.74 Å². The molecule has 2 aromatic rings. The molecule has 0 spiro atoms. The van der Waals surface area contributed by atoms with Crippen molar-refractivity contribution in [3.05, 3.63) is 46.8 Å². The minimum atomic E-state index is -0.494. The van der Waals surface area contributed by atoms with Crippen LogP contribution in [-0.2, 0) is 0 Å². The molecule has 1 saturated heterocycles. The predicted octanol–water partition coefficient (Wildman–Crippen LogP) is 1.66. The average Bonchev–Trinajstić information content (AvgIpc) is 2.99. The van der Waals surface area contributed by atoms with Crippen molar-refractivity contribution in [1.29, 1.82) is 0 Å². The third-order valence-electron chi connectivity index (χ3n) is 4.41. The van der Waals surface area contributed by atoms with Crippen molar-refractivity contribution in [2.45, 2.75) is 31.9 Å². The lowest BCUT2D eigenvalue weighted by Crippen LogP contribution is -2.37. The number of aromatic amines is 1. The van der Waals surface area contributed by atoms with Crippen LogP contribution in [-0.4, -0.2) is 52.0 Å². The van der Waals surface area contributed by atoms with Gasteiger partial charge in [-0.1, -0.05) is 0 Å². The van der Waals surface area contributed by atoms with Crippen molar-refractivity contribution in [2.24, 2.45) is 0 Å². The van der Waals surface area contributed by atoms with Gasteiger partial charge in [-0.3, -0.25) is 9.69 Å². The minimum Gasteiger partial charge on any atom is -0.491 e. The Hall–Kier alpha value is -2.18. The van der Waals surface area contributed by atoms with Crippen molar-refractivity contribution >= 4 is 0 Å². The van der Waals surface area contributed by atoms with E-state index in [1.54, 1.807) is 6.07 Å². The zero-order valence-corrected chi connectivity index (χ0v) is 13.8. The highest BCUT2D eigenvalue weighted by Gasteiger charge is 2.22. The van der Waals surface area contributed by atoms with Gasteiger partial charge in [0.1, 0.15) is 18.5 Å². The summed E-state index contributed by atoms with van der Waals surface area (Å²) in [6.45, 7) is 4.18. The van der Waals surface area contributed by atoms with E-state index in [0.717, 1.165) is 12.1 Å². The normalized spacial score (nSPS) is 19.3. The molecule has 0 bridgehead atoms. The number of aromatic nitrogens is 2. The van der Waals surface area contributed by atoms with Crippen molar-refractivity contribution in [3.63, 3.8) is 0 Å². The highest BCUT2D eigenvalue weighted by molar-refractivity contribution is 5.59. The van der Waals surface area contributed by atoms with E-state index in [0.29, 0.717) is 24.0 Å². The molecule has 128 valence electrons. The van der Waals surface area contributed by atoms with Crippen molar-refractivity contribution < 1.29 is 9.84 Å². The number of hydrogen-bond donors (Lipinski definition) is 2. The van der Waals surface area contributed by atoms with Gasteiger partial charge in [0.15, 0.2) is 0 Å². The summed E-state index contributed by atoms with van der Waals surface area (Å²) in [4.78, 5) is 13.3. The van der Waals surface area contributed by atoms with Gasteiger partial charge in [0, 0.05) is 24.2 Å². The van der Waals surface area contributed by atoms with E-state index in [9.17, 15) is 9.90 Å². The summed E-state index contributed by atoms with van der Waals surface area (Å²) in [5, 5.41) is 16.5. The van der Waals surface area contributed by atoms with Crippen LogP contribution in [0.5, 0.6) is 5.75 Å². The molecule has 1 aromatic carbocycles. The number of ether oxygens (including phenoxy) is 1. The van der Waals surface area contributed by atoms with E-state index in [2.05, 4.69) is 22.0 Å². The van der Waals surface area contributed by atoms with Crippen LogP contribution in [0, 0.1) is 0 Å². The molecule has 1 fully saturated rings. The SMILES string of the molecule is C[C@@H]1CCCN1CC(O)COc1ccc(-c2ccc(=O)[nH]n2)cc1. The monoisotopic (exact) mass is 329 g/mol. The standard InChI is InChI=1S/C18H23N3O3/c1-13-3-2-10-21(13)11-15(22)12-24-16-6-4-14(5-7-16)17-8-9-18(23)20-19-17/h4-9,13,15,22H,2-3,10-12H2,1H3,(H,20,23)/t13-,15?/m1/s1. The van der Waals surface area contributed by atoms with Crippen LogP contribution >= 0.6 is 0 Å². The molecule has 0 saturated carbocycles. The van der Waals surface area contributed by atoms with E-state index in [1.165, 1.54) is 18.9 Å². The van der Waals surface area contributed by atoms with Gasteiger partial charge in [-0.2, -0.15) is 5.10 Å². The zero-order valence-electron chi connectivity index (χ0n) is 13.8. The molecule has 2 heterocycles. The molecule has 1 aliphatic heterocycles. The molecule has 1 aromatic heterocycles. The van der Waals surface area contributed by atoms with Crippen LogP contribution in [0.25, 0.3) is 11.3 Å². The zero-order chi connectivity index (χ0) is 16.9. The highest BCUT2D eigenvalue weighted by Crippen LogP contribution is 2.20. The summed E-state index contributed by atoms with van der Waals surface area (Å²) in [6, 6.07) is 11.1. The largest absolute Gasteiger partial charge is 0.491 e.